The Morgan fingerprint density at radius 2 is 1.50 bits per heavy atom. The van der Waals surface area contributed by atoms with E-state index in [2.05, 4.69) is 0 Å². The topological polar surface area (TPSA) is 63.7 Å². The van der Waals surface area contributed by atoms with Crippen molar-refractivity contribution in [2.45, 2.75) is 18.0 Å². The Morgan fingerprint density at radius 3 is 2.00 bits per heavy atom. The van der Waals surface area contributed by atoms with Gasteiger partial charge in [-0.3, -0.25) is 0 Å². The molecule has 3 rings (SSSR count). The van der Waals surface area contributed by atoms with Crippen molar-refractivity contribution >= 4 is 33.2 Å². The zero-order chi connectivity index (χ0) is 17.2. The fraction of sp³-hybridized carbons (Fsp3) is 0.125. The molecule has 0 spiro atoms. The molecule has 2 heterocycles. The molecule has 126 valence electrons. The molecule has 0 radical (unpaired) electrons. The molecule has 0 saturated heterocycles. The van der Waals surface area contributed by atoms with Gasteiger partial charge in [0.05, 0.1) is 30.6 Å². The zero-order valence-corrected chi connectivity index (χ0v) is 14.7. The second-order valence-electron chi connectivity index (χ2n) is 5.01. The van der Waals surface area contributed by atoms with Crippen LogP contribution in [-0.2, 0) is 23.1 Å². The monoisotopic (exact) mass is 385 g/mol. The summed E-state index contributed by atoms with van der Waals surface area (Å²) in [5.74, 6) is 1.01. The number of hydrogen-bond donors (Lipinski definition) is 0. The molecule has 5 nitrogen and oxygen atoms in total. The van der Waals surface area contributed by atoms with Gasteiger partial charge in [0.25, 0.3) is 0 Å². The normalized spacial score (nSPS) is 12.0. The molecule has 3 aromatic rings. The molecule has 24 heavy (non-hydrogen) atoms. The van der Waals surface area contributed by atoms with Crippen molar-refractivity contribution < 1.29 is 17.3 Å². The zero-order valence-electron chi connectivity index (χ0n) is 12.4. The molecule has 0 amide bonds. The Kier molecular flexibility index (Phi) is 5.01. The lowest BCUT2D eigenvalue weighted by molar-refractivity contribution is 0.330. The Labute approximate surface area is 149 Å². The lowest BCUT2D eigenvalue weighted by Gasteiger charge is -2.21. The largest absolute Gasteiger partial charge is 0.468 e. The van der Waals surface area contributed by atoms with E-state index in [1.807, 2.05) is 0 Å². The van der Waals surface area contributed by atoms with Crippen molar-refractivity contribution in [3.63, 3.8) is 0 Å². The van der Waals surface area contributed by atoms with Gasteiger partial charge in [-0.2, -0.15) is 4.31 Å². The first kappa shape index (κ1) is 17.1. The smallest absolute Gasteiger partial charge is 0.245 e. The van der Waals surface area contributed by atoms with Gasteiger partial charge in [0.2, 0.25) is 10.0 Å². The maximum absolute atomic E-state index is 13.1. The van der Waals surface area contributed by atoms with Crippen LogP contribution in [0.5, 0.6) is 0 Å². The lowest BCUT2D eigenvalue weighted by atomic mass is 10.4. The van der Waals surface area contributed by atoms with Gasteiger partial charge >= 0.3 is 0 Å². The van der Waals surface area contributed by atoms with Gasteiger partial charge in [-0.25, -0.2) is 8.42 Å². The third-order valence-corrected chi connectivity index (χ3v) is 5.84. The van der Waals surface area contributed by atoms with Crippen LogP contribution < -0.4 is 0 Å². The van der Waals surface area contributed by atoms with Crippen molar-refractivity contribution in [3.8, 4) is 0 Å². The van der Waals surface area contributed by atoms with E-state index in [0.717, 1.165) is 0 Å². The molecule has 0 atom stereocenters. The first-order valence-corrected chi connectivity index (χ1v) is 9.16. The summed E-state index contributed by atoms with van der Waals surface area (Å²) in [4.78, 5) is -0.0604. The molecule has 0 fully saturated rings. The van der Waals surface area contributed by atoms with E-state index in [4.69, 9.17) is 32.0 Å². The summed E-state index contributed by atoms with van der Waals surface area (Å²) in [6.45, 7) is 0.0811. The summed E-state index contributed by atoms with van der Waals surface area (Å²) in [6.07, 6.45) is 2.97. The molecule has 0 bridgehead atoms. The van der Waals surface area contributed by atoms with Gasteiger partial charge < -0.3 is 8.83 Å². The van der Waals surface area contributed by atoms with Crippen molar-refractivity contribution in [1.29, 1.82) is 0 Å². The third-order valence-electron chi connectivity index (χ3n) is 3.34. The van der Waals surface area contributed by atoms with Crippen molar-refractivity contribution in [1.82, 2.24) is 4.31 Å². The SMILES string of the molecule is O=S(=O)(c1cc(Cl)ccc1Cl)N(Cc1ccco1)Cc1ccco1. The maximum atomic E-state index is 13.1. The van der Waals surface area contributed by atoms with Crippen LogP contribution >= 0.6 is 23.2 Å². The van der Waals surface area contributed by atoms with Crippen molar-refractivity contribution in [2.24, 2.45) is 0 Å². The summed E-state index contributed by atoms with van der Waals surface area (Å²) in [5.41, 5.74) is 0. The molecule has 2 aromatic heterocycles. The summed E-state index contributed by atoms with van der Waals surface area (Å²) >= 11 is 12.0. The number of benzene rings is 1. The molecule has 0 aliphatic rings. The quantitative estimate of drug-likeness (QED) is 0.623. The molecule has 8 heteroatoms. The van der Waals surface area contributed by atoms with Crippen molar-refractivity contribution in [2.75, 3.05) is 0 Å². The van der Waals surface area contributed by atoms with Crippen LogP contribution in [0.2, 0.25) is 10.0 Å². The number of nitrogens with zero attached hydrogens (tertiary/aromatic N) is 1. The van der Waals surface area contributed by atoms with E-state index in [1.165, 1.54) is 35.0 Å². The summed E-state index contributed by atoms with van der Waals surface area (Å²) in [5, 5.41) is 0.386. The summed E-state index contributed by atoms with van der Waals surface area (Å²) < 4.78 is 37.9. The highest BCUT2D eigenvalue weighted by Crippen LogP contribution is 2.29. The fourth-order valence-corrected chi connectivity index (χ4v) is 4.30. The van der Waals surface area contributed by atoms with Gasteiger partial charge in [-0.15, -0.1) is 0 Å². The highest BCUT2D eigenvalue weighted by atomic mass is 35.5. The van der Waals surface area contributed by atoms with Gasteiger partial charge in [0.15, 0.2) is 0 Å². The average molecular weight is 386 g/mol. The molecular weight excluding hydrogens is 373 g/mol. The Balaban J connectivity index is 2.00. The summed E-state index contributed by atoms with van der Waals surface area (Å²) in [6, 6.07) is 11.1. The number of sulfonamides is 1. The van der Waals surface area contributed by atoms with E-state index in [-0.39, 0.29) is 28.0 Å². The minimum Gasteiger partial charge on any atom is -0.468 e. The van der Waals surface area contributed by atoms with Crippen LogP contribution in [0.4, 0.5) is 0 Å². The van der Waals surface area contributed by atoms with Gasteiger partial charge in [0.1, 0.15) is 16.4 Å². The Morgan fingerprint density at radius 1 is 0.917 bits per heavy atom. The number of furan rings is 2. The fourth-order valence-electron chi connectivity index (χ4n) is 2.19. The number of rotatable bonds is 6. The molecule has 0 unspecified atom stereocenters. The van der Waals surface area contributed by atoms with Gasteiger partial charge in [-0.05, 0) is 42.5 Å². The van der Waals surface area contributed by atoms with Crippen LogP contribution in [0, 0.1) is 0 Å². The molecule has 0 N–H and O–H groups in total. The lowest BCUT2D eigenvalue weighted by Crippen LogP contribution is -2.30. The minimum absolute atomic E-state index is 0.0406. The second kappa shape index (κ2) is 7.03. The van der Waals surface area contributed by atoms with E-state index < -0.39 is 10.0 Å². The Bertz CT molecular complexity index is 869. The molecule has 0 aliphatic carbocycles. The molecule has 1 aromatic carbocycles. The van der Waals surface area contributed by atoms with Crippen LogP contribution in [0.3, 0.4) is 0 Å². The first-order chi connectivity index (χ1) is 11.5. The van der Waals surface area contributed by atoms with Gasteiger partial charge in [-0.1, -0.05) is 23.2 Å². The average Bonchev–Trinajstić information content (AvgIpc) is 3.22. The third kappa shape index (κ3) is 3.67. The highest BCUT2D eigenvalue weighted by molar-refractivity contribution is 7.89. The predicted octanol–water partition coefficient (Wildman–Crippen LogP) is 4.57. The van der Waals surface area contributed by atoms with Gasteiger partial charge in [0, 0.05) is 5.02 Å². The van der Waals surface area contributed by atoms with E-state index in [9.17, 15) is 8.42 Å². The standard InChI is InChI=1S/C16H13Cl2NO4S/c17-12-5-6-15(18)16(9-12)24(20,21)19(10-13-3-1-7-22-13)11-14-4-2-8-23-14/h1-9H,10-11H2. The Hall–Kier alpha value is -1.73. The molecule has 0 saturated carbocycles. The second-order valence-corrected chi connectivity index (χ2v) is 7.76. The first-order valence-electron chi connectivity index (χ1n) is 6.97. The van der Waals surface area contributed by atoms with Crippen LogP contribution in [0.15, 0.2) is 68.7 Å². The number of halogens is 2. The van der Waals surface area contributed by atoms with Crippen LogP contribution in [0.25, 0.3) is 0 Å². The van der Waals surface area contributed by atoms with E-state index >= 15 is 0 Å². The van der Waals surface area contributed by atoms with E-state index in [0.29, 0.717) is 11.5 Å². The molecular formula is C16H13Cl2NO4S. The summed E-state index contributed by atoms with van der Waals surface area (Å²) in [7, 11) is -3.91. The number of hydrogen-bond acceptors (Lipinski definition) is 4. The van der Waals surface area contributed by atoms with Crippen LogP contribution in [0.1, 0.15) is 11.5 Å². The minimum atomic E-state index is -3.91. The van der Waals surface area contributed by atoms with Crippen molar-refractivity contribution in [3.05, 3.63) is 76.6 Å². The van der Waals surface area contributed by atoms with E-state index in [1.54, 1.807) is 24.3 Å². The molecule has 0 aliphatic heterocycles. The van der Waals surface area contributed by atoms with Crippen LogP contribution in [-0.4, -0.2) is 12.7 Å². The predicted molar refractivity (Wildman–Crippen MR) is 90.3 cm³/mol. The highest BCUT2D eigenvalue weighted by Gasteiger charge is 2.29. The maximum Gasteiger partial charge on any atom is 0.245 e.